The van der Waals surface area contributed by atoms with E-state index in [4.69, 9.17) is 9.47 Å². The van der Waals surface area contributed by atoms with Crippen LogP contribution in [-0.4, -0.2) is 135 Å². The van der Waals surface area contributed by atoms with E-state index in [1.807, 2.05) is 115 Å². The van der Waals surface area contributed by atoms with Crippen molar-refractivity contribution < 1.29 is 33.4 Å². The Morgan fingerprint density at radius 1 is 0.778 bits per heavy atom. The predicted octanol–water partition coefficient (Wildman–Crippen LogP) is 5.82. The van der Waals surface area contributed by atoms with Crippen molar-refractivity contribution >= 4 is 40.9 Å². The fourth-order valence-corrected chi connectivity index (χ4v) is 8.99. The van der Waals surface area contributed by atoms with Crippen molar-refractivity contribution in [2.24, 2.45) is 23.7 Å². The Labute approximate surface area is 377 Å². The van der Waals surface area contributed by atoms with Crippen LogP contribution in [0.3, 0.4) is 0 Å². The van der Waals surface area contributed by atoms with Crippen LogP contribution in [0, 0.1) is 23.7 Å². The van der Waals surface area contributed by atoms with E-state index in [9.17, 15) is 24.0 Å². The summed E-state index contributed by atoms with van der Waals surface area (Å²) < 4.78 is 12.1. The van der Waals surface area contributed by atoms with Gasteiger partial charge in [0.15, 0.2) is 0 Å². The minimum Gasteiger partial charge on any atom is -0.383 e. The molecule has 0 radical (unpaired) electrons. The van der Waals surface area contributed by atoms with Gasteiger partial charge in [-0.2, -0.15) is 0 Å². The average molecular weight is 878 g/mol. The summed E-state index contributed by atoms with van der Waals surface area (Å²) in [5.74, 6) is -2.25. The smallest absolute Gasteiger partial charge is 0.247 e. The third-order valence-electron chi connectivity index (χ3n) is 12.5. The molecule has 1 saturated heterocycles. The molecule has 9 atom stereocenters. The molecule has 0 spiro atoms. The van der Waals surface area contributed by atoms with E-state index in [-0.39, 0.29) is 66.2 Å². The molecule has 0 bridgehead atoms. The Morgan fingerprint density at radius 2 is 1.40 bits per heavy atom. The number of methoxy groups -OCH3 is 2. The molecule has 2 aromatic rings. The van der Waals surface area contributed by atoms with E-state index >= 15 is 0 Å². The number of carbonyl (C=O) groups is 5. The lowest BCUT2D eigenvalue weighted by molar-refractivity contribution is -0.148. The SMILES string of the molecule is CCC(C)C(C(CC(=O)N1CCCC1C(OC)C(C)C(=O)N[C@@H](Cc1ccccc1)C(=O)Nc1ccc(NC(C)C)cc1)OC)N(C)C(=O)[C@@H](NC(=O)C(C(C)C)N(C)C)C(C)C. The number of likely N-dealkylation sites (N-methyl/N-ethyl adjacent to an activating group) is 2. The van der Waals surface area contributed by atoms with Crippen molar-refractivity contribution in [1.82, 2.24) is 25.3 Å². The minimum absolute atomic E-state index is 0.000765. The first-order chi connectivity index (χ1) is 29.7. The Balaban J connectivity index is 1.81. The molecule has 1 heterocycles. The van der Waals surface area contributed by atoms with Gasteiger partial charge in [-0.05, 0) is 88.4 Å². The normalized spacial score (nSPS) is 18.0. The molecule has 1 fully saturated rings. The maximum Gasteiger partial charge on any atom is 0.247 e. The van der Waals surface area contributed by atoms with Gasteiger partial charge in [0.25, 0.3) is 0 Å². The van der Waals surface area contributed by atoms with Gasteiger partial charge in [-0.15, -0.1) is 0 Å². The first-order valence-corrected chi connectivity index (χ1v) is 22.9. The summed E-state index contributed by atoms with van der Waals surface area (Å²) in [6, 6.07) is 14.3. The van der Waals surface area contributed by atoms with E-state index < -0.39 is 48.3 Å². The van der Waals surface area contributed by atoms with Crippen molar-refractivity contribution in [1.29, 1.82) is 0 Å². The monoisotopic (exact) mass is 878 g/mol. The van der Waals surface area contributed by atoms with Gasteiger partial charge in [-0.1, -0.05) is 85.2 Å². The fourth-order valence-electron chi connectivity index (χ4n) is 8.99. The largest absolute Gasteiger partial charge is 0.383 e. The summed E-state index contributed by atoms with van der Waals surface area (Å²) >= 11 is 0. The van der Waals surface area contributed by atoms with Crippen LogP contribution in [-0.2, 0) is 39.9 Å². The highest BCUT2D eigenvalue weighted by Gasteiger charge is 2.43. The summed E-state index contributed by atoms with van der Waals surface area (Å²) in [6.45, 7) is 18.2. The van der Waals surface area contributed by atoms with Crippen LogP contribution in [0.15, 0.2) is 54.6 Å². The zero-order valence-corrected chi connectivity index (χ0v) is 40.6. The molecule has 7 unspecified atom stereocenters. The van der Waals surface area contributed by atoms with Gasteiger partial charge in [0.05, 0.1) is 42.7 Å². The Hall–Kier alpha value is -4.53. The highest BCUT2D eigenvalue weighted by Crippen LogP contribution is 2.30. The van der Waals surface area contributed by atoms with E-state index in [1.165, 1.54) is 0 Å². The number of carbonyl (C=O) groups excluding carboxylic acids is 5. The van der Waals surface area contributed by atoms with Crippen molar-refractivity contribution in [2.75, 3.05) is 52.5 Å². The molecular formula is C49H79N7O7. The van der Waals surface area contributed by atoms with Crippen LogP contribution in [0.4, 0.5) is 11.4 Å². The number of hydrogen-bond donors (Lipinski definition) is 4. The van der Waals surface area contributed by atoms with Crippen LogP contribution in [0.2, 0.25) is 0 Å². The van der Waals surface area contributed by atoms with Crippen LogP contribution in [0.1, 0.15) is 93.6 Å². The second-order valence-electron chi connectivity index (χ2n) is 18.6. The average Bonchev–Trinajstić information content (AvgIpc) is 3.72. The van der Waals surface area contributed by atoms with E-state index in [0.29, 0.717) is 18.7 Å². The maximum atomic E-state index is 14.4. The molecule has 63 heavy (non-hydrogen) atoms. The van der Waals surface area contributed by atoms with Crippen molar-refractivity contribution in [2.45, 2.75) is 143 Å². The Kier molecular flexibility index (Phi) is 21.0. The molecule has 0 aliphatic carbocycles. The summed E-state index contributed by atoms with van der Waals surface area (Å²) in [6.07, 6.45) is 1.02. The molecule has 4 N–H and O–H groups in total. The summed E-state index contributed by atoms with van der Waals surface area (Å²) in [4.78, 5) is 75.6. The van der Waals surface area contributed by atoms with Crippen LogP contribution >= 0.6 is 0 Å². The number of amides is 5. The molecule has 5 amide bonds. The number of benzene rings is 2. The Morgan fingerprint density at radius 3 is 1.92 bits per heavy atom. The lowest BCUT2D eigenvalue weighted by Crippen LogP contribution is -2.59. The molecule has 14 nitrogen and oxygen atoms in total. The number of rotatable bonds is 24. The van der Waals surface area contributed by atoms with Gasteiger partial charge in [0.1, 0.15) is 12.1 Å². The quantitative estimate of drug-likeness (QED) is 0.102. The number of nitrogens with zero attached hydrogens (tertiary/aromatic N) is 3. The van der Waals surface area contributed by atoms with Crippen LogP contribution in [0.25, 0.3) is 0 Å². The minimum atomic E-state index is -0.887. The summed E-state index contributed by atoms with van der Waals surface area (Å²) in [5.41, 5.74) is 2.43. The topological polar surface area (TPSA) is 162 Å². The molecule has 2 aromatic carbocycles. The molecular weight excluding hydrogens is 799 g/mol. The Bertz CT molecular complexity index is 1750. The van der Waals surface area contributed by atoms with Gasteiger partial charge in [-0.3, -0.25) is 28.9 Å². The van der Waals surface area contributed by atoms with Gasteiger partial charge >= 0.3 is 0 Å². The third-order valence-corrected chi connectivity index (χ3v) is 12.5. The highest BCUT2D eigenvalue weighted by atomic mass is 16.5. The van der Waals surface area contributed by atoms with Crippen LogP contribution in [0.5, 0.6) is 0 Å². The summed E-state index contributed by atoms with van der Waals surface area (Å²) in [7, 11) is 8.55. The predicted molar refractivity (Wildman–Crippen MR) is 251 cm³/mol. The molecule has 3 rings (SSSR count). The molecule has 0 saturated carbocycles. The molecule has 1 aliphatic rings. The number of hydrogen-bond acceptors (Lipinski definition) is 9. The molecule has 352 valence electrons. The van der Waals surface area contributed by atoms with Gasteiger partial charge in [0.2, 0.25) is 29.5 Å². The van der Waals surface area contributed by atoms with E-state index in [2.05, 4.69) is 35.1 Å². The first-order valence-electron chi connectivity index (χ1n) is 22.9. The van der Waals surface area contributed by atoms with E-state index in [1.54, 1.807) is 38.0 Å². The first kappa shape index (κ1) is 52.8. The second-order valence-corrected chi connectivity index (χ2v) is 18.6. The number of anilines is 2. The molecule has 1 aliphatic heterocycles. The number of nitrogens with one attached hydrogen (secondary N) is 4. The summed E-state index contributed by atoms with van der Waals surface area (Å²) in [5, 5.41) is 12.4. The second kappa shape index (κ2) is 25.1. The zero-order chi connectivity index (χ0) is 47.1. The van der Waals surface area contributed by atoms with Gasteiger partial charge in [-0.25, -0.2) is 0 Å². The zero-order valence-electron chi connectivity index (χ0n) is 40.6. The highest BCUT2D eigenvalue weighted by molar-refractivity contribution is 5.98. The van der Waals surface area contributed by atoms with Crippen molar-refractivity contribution in [3.63, 3.8) is 0 Å². The van der Waals surface area contributed by atoms with Crippen molar-refractivity contribution in [3.05, 3.63) is 60.2 Å². The maximum absolute atomic E-state index is 14.4. The molecule has 14 heteroatoms. The van der Waals surface area contributed by atoms with Gasteiger partial charge in [0, 0.05) is 51.6 Å². The van der Waals surface area contributed by atoms with E-state index in [0.717, 1.165) is 24.1 Å². The standard InChI is InChI=1S/C49H79N7O7/c1-15-33(8)44(55(12)49(61)42(30(2)3)53-48(60)43(31(4)5)54(10)11)40(62-13)29-41(57)56-27-19-22-39(56)45(63-14)34(9)46(58)52-38(28-35-20-17-16-18-21-35)47(59)51-37-25-23-36(24-26-37)50-32(6)7/h16-18,20-21,23-26,30-34,38-40,42-45,50H,15,19,22,27-29H2,1-14H3,(H,51,59)(H,52,58)(H,53,60)/t33?,34?,38-,39?,40?,42-,43?,44?,45?/m0/s1. The van der Waals surface area contributed by atoms with Crippen molar-refractivity contribution in [3.8, 4) is 0 Å². The number of ether oxygens (including phenoxy) is 2. The fraction of sp³-hybridized carbons (Fsp3) is 0.653. The molecule has 0 aromatic heterocycles. The third kappa shape index (κ3) is 14.8. The lowest BCUT2D eigenvalue weighted by Gasteiger charge is -2.41. The van der Waals surface area contributed by atoms with Crippen LogP contribution < -0.4 is 21.3 Å². The lowest BCUT2D eigenvalue weighted by atomic mass is 9.89. The van der Waals surface area contributed by atoms with Gasteiger partial charge < -0.3 is 40.5 Å². The number of likely N-dealkylation sites (tertiary alicyclic amines) is 1.